The van der Waals surface area contributed by atoms with Crippen LogP contribution in [0.2, 0.25) is 0 Å². The molecule has 2 aromatic heterocycles. The molecule has 0 saturated heterocycles. The second-order valence-electron chi connectivity index (χ2n) is 4.75. The molecule has 0 aliphatic heterocycles. The first-order valence-electron chi connectivity index (χ1n) is 6.79. The van der Waals surface area contributed by atoms with Crippen LogP contribution in [0.1, 0.15) is 29.9 Å². The first-order chi connectivity index (χ1) is 9.68. The van der Waals surface area contributed by atoms with Gasteiger partial charge in [0, 0.05) is 25.5 Å². The molecule has 20 heavy (non-hydrogen) atoms. The van der Waals surface area contributed by atoms with Crippen molar-refractivity contribution in [2.24, 2.45) is 0 Å². The van der Waals surface area contributed by atoms with Crippen LogP contribution in [-0.4, -0.2) is 29.7 Å². The minimum Gasteiger partial charge on any atom is -0.379 e. The van der Waals surface area contributed by atoms with E-state index in [0.717, 1.165) is 17.0 Å². The molecule has 2 aromatic rings. The lowest BCUT2D eigenvalue weighted by atomic mass is 10.3. The number of rotatable bonds is 7. The van der Waals surface area contributed by atoms with Gasteiger partial charge in [-0.1, -0.05) is 0 Å². The molecule has 0 fully saturated rings. The summed E-state index contributed by atoms with van der Waals surface area (Å²) in [6.45, 7) is 5.32. The van der Waals surface area contributed by atoms with Crippen LogP contribution in [0.5, 0.6) is 0 Å². The highest BCUT2D eigenvalue weighted by Crippen LogP contribution is 2.21. The molecule has 0 aromatic carbocycles. The minimum absolute atomic E-state index is 0.0201. The van der Waals surface area contributed by atoms with Crippen LogP contribution >= 0.6 is 11.3 Å². The van der Waals surface area contributed by atoms with Crippen LogP contribution in [-0.2, 0) is 4.74 Å². The predicted octanol–water partition coefficient (Wildman–Crippen LogP) is 3.08. The highest BCUT2D eigenvalue weighted by molar-refractivity contribution is 7.12. The van der Waals surface area contributed by atoms with E-state index < -0.39 is 0 Å². The number of aromatic nitrogens is 1. The first kappa shape index (κ1) is 14.8. The van der Waals surface area contributed by atoms with Crippen molar-refractivity contribution in [1.82, 2.24) is 9.88 Å². The van der Waals surface area contributed by atoms with Gasteiger partial charge in [-0.3, -0.25) is 4.79 Å². The summed E-state index contributed by atoms with van der Waals surface area (Å²) in [4.78, 5) is 12.9. The topological polar surface area (TPSA) is 43.3 Å². The Kier molecular flexibility index (Phi) is 5.38. The van der Waals surface area contributed by atoms with Gasteiger partial charge in [0.1, 0.15) is 4.88 Å². The minimum atomic E-state index is -0.0201. The van der Waals surface area contributed by atoms with E-state index in [-0.39, 0.29) is 12.0 Å². The van der Waals surface area contributed by atoms with E-state index in [4.69, 9.17) is 4.74 Å². The van der Waals surface area contributed by atoms with Gasteiger partial charge in [0.05, 0.1) is 11.8 Å². The summed E-state index contributed by atoms with van der Waals surface area (Å²) in [5, 5.41) is 4.88. The van der Waals surface area contributed by atoms with Crippen molar-refractivity contribution in [2.45, 2.75) is 26.4 Å². The average Bonchev–Trinajstić information content (AvgIpc) is 3.08. The summed E-state index contributed by atoms with van der Waals surface area (Å²) in [6, 6.07) is 5.85. The standard InChI is InChI=1S/C15H20N2O2S/c1-12(2)19-10-5-7-16-15(18)14-13(6-11-20-14)17-8-3-4-9-17/h3-4,6,8-9,11-12H,5,7,10H2,1-2H3,(H,16,18). The molecule has 0 unspecified atom stereocenters. The smallest absolute Gasteiger partial charge is 0.263 e. The van der Waals surface area contributed by atoms with Gasteiger partial charge in [-0.15, -0.1) is 11.3 Å². The highest BCUT2D eigenvalue weighted by atomic mass is 32.1. The van der Waals surface area contributed by atoms with E-state index in [9.17, 15) is 4.79 Å². The number of nitrogens with one attached hydrogen (secondary N) is 1. The van der Waals surface area contributed by atoms with E-state index in [2.05, 4.69) is 5.32 Å². The summed E-state index contributed by atoms with van der Waals surface area (Å²) in [5.74, 6) is -0.0201. The lowest BCUT2D eigenvalue weighted by Crippen LogP contribution is -2.25. The van der Waals surface area contributed by atoms with Gasteiger partial charge < -0.3 is 14.6 Å². The number of thiophene rings is 1. The molecule has 0 radical (unpaired) electrons. The van der Waals surface area contributed by atoms with E-state index in [1.54, 1.807) is 0 Å². The molecule has 1 amide bonds. The second kappa shape index (κ2) is 7.26. The molecule has 1 N–H and O–H groups in total. The zero-order chi connectivity index (χ0) is 14.4. The molecule has 108 valence electrons. The third kappa shape index (κ3) is 3.95. The number of hydrogen-bond donors (Lipinski definition) is 1. The van der Waals surface area contributed by atoms with Crippen LogP contribution in [0.3, 0.4) is 0 Å². The lowest BCUT2D eigenvalue weighted by Gasteiger charge is -2.09. The van der Waals surface area contributed by atoms with E-state index in [0.29, 0.717) is 13.2 Å². The van der Waals surface area contributed by atoms with Crippen molar-refractivity contribution in [1.29, 1.82) is 0 Å². The average molecular weight is 292 g/mol. The van der Waals surface area contributed by atoms with E-state index >= 15 is 0 Å². The fourth-order valence-electron chi connectivity index (χ4n) is 1.84. The first-order valence-corrected chi connectivity index (χ1v) is 7.67. The van der Waals surface area contributed by atoms with Crippen molar-refractivity contribution in [3.05, 3.63) is 40.8 Å². The van der Waals surface area contributed by atoms with Crippen LogP contribution in [0, 0.1) is 0 Å². The Bertz CT molecular complexity index is 532. The van der Waals surface area contributed by atoms with Crippen LogP contribution in [0.15, 0.2) is 36.0 Å². The summed E-state index contributed by atoms with van der Waals surface area (Å²) in [5.41, 5.74) is 0.927. The predicted molar refractivity (Wildman–Crippen MR) is 81.7 cm³/mol. The van der Waals surface area contributed by atoms with Gasteiger partial charge in [0.25, 0.3) is 5.91 Å². The van der Waals surface area contributed by atoms with E-state index in [1.165, 1.54) is 11.3 Å². The Morgan fingerprint density at radius 1 is 1.40 bits per heavy atom. The van der Waals surface area contributed by atoms with Crippen molar-refractivity contribution >= 4 is 17.2 Å². The third-order valence-electron chi connectivity index (χ3n) is 2.79. The van der Waals surface area contributed by atoms with Crippen molar-refractivity contribution < 1.29 is 9.53 Å². The van der Waals surface area contributed by atoms with Crippen molar-refractivity contribution in [3.63, 3.8) is 0 Å². The quantitative estimate of drug-likeness (QED) is 0.797. The summed E-state index contributed by atoms with van der Waals surface area (Å²) >= 11 is 1.46. The third-order valence-corrected chi connectivity index (χ3v) is 3.69. The van der Waals surface area contributed by atoms with E-state index in [1.807, 2.05) is 54.4 Å². The summed E-state index contributed by atoms with van der Waals surface area (Å²) in [6.07, 6.45) is 4.95. The molecule has 0 saturated carbocycles. The SMILES string of the molecule is CC(C)OCCCNC(=O)c1sccc1-n1cccc1. The Hall–Kier alpha value is -1.59. The lowest BCUT2D eigenvalue weighted by molar-refractivity contribution is 0.0757. The second-order valence-corrected chi connectivity index (χ2v) is 5.67. The summed E-state index contributed by atoms with van der Waals surface area (Å²) in [7, 11) is 0. The van der Waals surface area contributed by atoms with Crippen molar-refractivity contribution in [2.75, 3.05) is 13.2 Å². The Morgan fingerprint density at radius 3 is 2.85 bits per heavy atom. The number of amides is 1. The molecule has 2 rings (SSSR count). The molecule has 5 heteroatoms. The maximum absolute atomic E-state index is 12.2. The van der Waals surface area contributed by atoms with Crippen LogP contribution in [0.25, 0.3) is 5.69 Å². The van der Waals surface area contributed by atoms with Gasteiger partial charge in [-0.05, 0) is 43.8 Å². The van der Waals surface area contributed by atoms with Crippen LogP contribution < -0.4 is 5.32 Å². The van der Waals surface area contributed by atoms with Crippen LogP contribution in [0.4, 0.5) is 0 Å². The molecular weight excluding hydrogens is 272 g/mol. The summed E-state index contributed by atoms with van der Waals surface area (Å²) < 4.78 is 7.40. The molecule has 0 bridgehead atoms. The molecule has 0 atom stereocenters. The normalized spacial score (nSPS) is 10.9. The van der Waals surface area contributed by atoms with Gasteiger partial charge in [-0.25, -0.2) is 0 Å². The molecule has 0 aliphatic carbocycles. The fourth-order valence-corrected chi connectivity index (χ4v) is 2.65. The molecule has 2 heterocycles. The van der Waals surface area contributed by atoms with Gasteiger partial charge in [-0.2, -0.15) is 0 Å². The largest absolute Gasteiger partial charge is 0.379 e. The fraction of sp³-hybridized carbons (Fsp3) is 0.400. The highest BCUT2D eigenvalue weighted by Gasteiger charge is 2.13. The van der Waals surface area contributed by atoms with Crippen molar-refractivity contribution in [3.8, 4) is 5.69 Å². The van der Waals surface area contributed by atoms with Gasteiger partial charge >= 0.3 is 0 Å². The Balaban J connectivity index is 1.86. The Labute approximate surface area is 123 Å². The van der Waals surface area contributed by atoms with Gasteiger partial charge in [0.15, 0.2) is 0 Å². The number of carbonyl (C=O) groups excluding carboxylic acids is 1. The maximum Gasteiger partial charge on any atom is 0.263 e. The molecular formula is C15H20N2O2S. The molecule has 4 nitrogen and oxygen atoms in total. The van der Waals surface area contributed by atoms with Gasteiger partial charge in [0.2, 0.25) is 0 Å². The maximum atomic E-state index is 12.2. The molecule has 0 aliphatic rings. The number of nitrogens with zero attached hydrogens (tertiary/aromatic N) is 1. The monoisotopic (exact) mass is 292 g/mol. The molecule has 0 spiro atoms. The zero-order valence-electron chi connectivity index (χ0n) is 11.8. The Morgan fingerprint density at radius 2 is 2.15 bits per heavy atom. The number of carbonyl (C=O) groups is 1. The number of hydrogen-bond acceptors (Lipinski definition) is 3. The zero-order valence-corrected chi connectivity index (χ0v) is 12.7. The number of ether oxygens (including phenoxy) is 1.